The quantitative estimate of drug-likeness (QED) is 0.0307. The molecule has 0 unspecified atom stereocenters. The first-order valence-corrected chi connectivity index (χ1v) is 23.3. The highest BCUT2D eigenvalue weighted by Crippen LogP contribution is 2.99. The maximum atomic E-state index is 12.8. The molecule has 1 aliphatic rings. The number of ether oxygens (including phenoxy) is 2. The van der Waals surface area contributed by atoms with E-state index in [0.29, 0.717) is 17.0 Å². The van der Waals surface area contributed by atoms with E-state index in [1.807, 2.05) is 52.3 Å². The Morgan fingerprint density at radius 2 is 1.53 bits per heavy atom. The zero-order valence-electron chi connectivity index (χ0n) is 26.7. The van der Waals surface area contributed by atoms with Crippen molar-refractivity contribution in [2.24, 2.45) is 0 Å². The molecular weight excluding hydrogens is 755 g/mol. The van der Waals surface area contributed by atoms with Gasteiger partial charge in [0, 0.05) is 40.1 Å². The second-order valence-electron chi connectivity index (χ2n) is 10.5. The predicted molar refractivity (Wildman–Crippen MR) is 207 cm³/mol. The average Bonchev–Trinajstić information content (AvgIpc) is 3.08. The number of nitrogens with one attached hydrogen (secondary N) is 1. The first-order chi connectivity index (χ1) is 24.3. The van der Waals surface area contributed by atoms with Crippen molar-refractivity contribution in [3.8, 4) is 11.5 Å². The minimum absolute atomic E-state index is 0.0208. The Kier molecular flexibility index (Phi) is 14.4. The Labute approximate surface area is 306 Å². The van der Waals surface area contributed by atoms with Gasteiger partial charge in [0.25, 0.3) is 5.91 Å². The number of nitro groups is 1. The van der Waals surface area contributed by atoms with Crippen LogP contribution in [0.3, 0.4) is 0 Å². The number of carboxylic acids is 1. The fraction of sp³-hybridized carbons (Fsp3) is 0.152. The molecule has 1 saturated heterocycles. The number of nitrogens with two attached hydrogens (primary N) is 2. The van der Waals surface area contributed by atoms with E-state index >= 15 is 0 Å². The third kappa shape index (κ3) is 12.1. The van der Waals surface area contributed by atoms with E-state index in [1.165, 1.54) is 23.5 Å². The van der Waals surface area contributed by atoms with Crippen LogP contribution in [0.4, 0.5) is 11.4 Å². The van der Waals surface area contributed by atoms with Gasteiger partial charge in [0.1, 0.15) is 17.1 Å². The lowest BCUT2D eigenvalue weighted by Crippen LogP contribution is -2.25. The van der Waals surface area contributed by atoms with Crippen LogP contribution in [0.2, 0.25) is 0 Å². The van der Waals surface area contributed by atoms with Crippen molar-refractivity contribution in [3.63, 3.8) is 0 Å². The van der Waals surface area contributed by atoms with Gasteiger partial charge in [-0.05, 0) is 72.0 Å². The molecule has 0 saturated carbocycles. The first-order valence-electron chi connectivity index (χ1n) is 15.1. The third-order valence-electron chi connectivity index (χ3n) is 6.66. The van der Waals surface area contributed by atoms with E-state index in [9.17, 15) is 29.3 Å². The summed E-state index contributed by atoms with van der Waals surface area (Å²) < 4.78 is 8.95. The number of carbonyl (C=O) groups is 4. The molecule has 4 aromatic carbocycles. The molecule has 0 spiro atoms. The molecule has 4 aromatic rings. The monoisotopic (exact) mass is 786 g/mol. The number of carboxylic acid groups (broad SMARTS) is 1. The molecule has 13 nitrogen and oxygen atoms in total. The highest BCUT2D eigenvalue weighted by Gasteiger charge is 2.40. The van der Waals surface area contributed by atoms with Crippen LogP contribution in [0.15, 0.2) is 97.1 Å². The summed E-state index contributed by atoms with van der Waals surface area (Å²) in [6.45, 7) is -0.223. The Morgan fingerprint density at radius 3 is 2.16 bits per heavy atom. The maximum Gasteiger partial charge on any atom is 0.347 e. The summed E-state index contributed by atoms with van der Waals surface area (Å²) in [7, 11) is 0. The average molecular weight is 787 g/mol. The van der Waals surface area contributed by atoms with E-state index < -0.39 is 27.3 Å². The lowest BCUT2D eigenvalue weighted by atomic mass is 10.1. The highest BCUT2D eigenvalue weighted by molar-refractivity contribution is 9.43. The summed E-state index contributed by atoms with van der Waals surface area (Å²) in [6.07, 6.45) is -0.580. The smallest absolute Gasteiger partial charge is 0.347 e. The minimum atomic E-state index is -1.79. The fourth-order valence-electron chi connectivity index (χ4n) is 4.14. The highest BCUT2D eigenvalue weighted by atomic mass is 33.7. The summed E-state index contributed by atoms with van der Waals surface area (Å²) in [6, 6.07) is 28.1. The van der Waals surface area contributed by atoms with Crippen molar-refractivity contribution in [3.05, 3.63) is 118 Å². The Morgan fingerprint density at radius 1 is 0.882 bits per heavy atom. The van der Waals surface area contributed by atoms with Crippen LogP contribution in [0.25, 0.3) is 0 Å². The summed E-state index contributed by atoms with van der Waals surface area (Å²) >= 11 is 9.67. The number of aliphatic carboxylic acids is 1. The molecule has 1 fully saturated rings. The van der Waals surface area contributed by atoms with Gasteiger partial charge in [-0.25, -0.2) is 4.79 Å². The molecule has 0 aromatic heterocycles. The molecule has 51 heavy (non-hydrogen) atoms. The number of nitrogens with zero attached hydrogens (tertiary/aromatic N) is 1. The lowest BCUT2D eigenvalue weighted by molar-refractivity contribution is -0.480. The zero-order valence-corrected chi connectivity index (χ0v) is 30.9. The molecule has 5 rings (SSSR count). The lowest BCUT2D eigenvalue weighted by Gasteiger charge is -2.37. The molecule has 6 N–H and O–H groups in total. The van der Waals surface area contributed by atoms with Gasteiger partial charge < -0.3 is 31.4 Å². The first kappa shape index (κ1) is 39.3. The van der Waals surface area contributed by atoms with Crippen LogP contribution < -0.4 is 36.9 Å². The topological polar surface area (TPSA) is 214 Å². The Bertz CT molecular complexity index is 1930. The maximum absolute atomic E-state index is 12.8. The zero-order chi connectivity index (χ0) is 37.0. The van der Waals surface area contributed by atoms with E-state index in [2.05, 4.69) is 17.4 Å². The Hall–Kier alpha value is -4.46. The Balaban J connectivity index is 0.000000326. The van der Waals surface area contributed by atoms with Crippen molar-refractivity contribution in [2.45, 2.75) is 19.3 Å². The SMILES string of the molecule is Nc1ccc(C(=O)NCCC(=O)O)cc1.Nc1ccc(OC(=O)CCC[N+](=O)[O-])c(C(=O)Oc2ccc(P3(=S)SP(c4ccccc4)S3)cc2)c1. The van der Waals surface area contributed by atoms with Gasteiger partial charge in [-0.1, -0.05) is 64.1 Å². The second-order valence-corrected chi connectivity index (χ2v) is 27.2. The second kappa shape index (κ2) is 18.7. The number of carbonyl (C=O) groups excluding carboxylic acids is 3. The van der Waals surface area contributed by atoms with Crippen molar-refractivity contribution >= 4 is 90.4 Å². The summed E-state index contributed by atoms with van der Waals surface area (Å²) in [5.74, 6) is -2.37. The van der Waals surface area contributed by atoms with Gasteiger partial charge >= 0.3 is 17.9 Å². The summed E-state index contributed by atoms with van der Waals surface area (Å²) in [4.78, 5) is 56.4. The van der Waals surface area contributed by atoms with Crippen molar-refractivity contribution < 1.29 is 38.7 Å². The van der Waals surface area contributed by atoms with Crippen LogP contribution >= 0.6 is 32.8 Å². The summed E-state index contributed by atoms with van der Waals surface area (Å²) in [5, 5.41) is 23.7. The van der Waals surface area contributed by atoms with Crippen molar-refractivity contribution in [1.29, 1.82) is 0 Å². The van der Waals surface area contributed by atoms with E-state index in [0.717, 1.165) is 5.30 Å². The van der Waals surface area contributed by atoms with Gasteiger partial charge in [0.15, 0.2) is 0 Å². The molecule has 0 radical (unpaired) electrons. The van der Waals surface area contributed by atoms with Gasteiger partial charge in [0.2, 0.25) is 6.54 Å². The van der Waals surface area contributed by atoms with Gasteiger partial charge in [-0.15, -0.1) is 0 Å². The number of hydrogen-bond acceptors (Lipinski definition) is 13. The van der Waals surface area contributed by atoms with E-state index in [1.54, 1.807) is 36.4 Å². The standard InChI is InChI=1S/C23H20N2O6P2S3.C10H12N2O3/c24-16-8-13-21(31-22(26)7-4-14-25(28)29)20(15-16)23(27)30-17-9-11-19(12-10-17)33(34)35-32(36-33)18-5-2-1-3-6-18;11-8-3-1-7(2-4-8)10(15)12-6-5-9(13)14/h1-3,5-6,8-13,15H,4,7,14,24H2;1-4H,5-6,11H2,(H,12,15)(H,13,14). The number of hydrogen-bond donors (Lipinski definition) is 4. The van der Waals surface area contributed by atoms with Gasteiger partial charge in [-0.2, -0.15) is 0 Å². The predicted octanol–water partition coefficient (Wildman–Crippen LogP) is 5.98. The van der Waals surface area contributed by atoms with Crippen LogP contribution in [0.1, 0.15) is 40.0 Å². The number of amides is 1. The van der Waals surface area contributed by atoms with Crippen molar-refractivity contribution in [1.82, 2.24) is 5.32 Å². The van der Waals surface area contributed by atoms with Crippen molar-refractivity contribution in [2.75, 3.05) is 24.6 Å². The molecule has 0 aliphatic carbocycles. The molecule has 1 amide bonds. The van der Waals surface area contributed by atoms with Gasteiger partial charge in [-0.3, -0.25) is 24.5 Å². The largest absolute Gasteiger partial charge is 0.481 e. The number of nitrogen functional groups attached to an aromatic ring is 2. The number of anilines is 2. The van der Waals surface area contributed by atoms with Gasteiger partial charge in [0.05, 0.1) is 23.6 Å². The summed E-state index contributed by atoms with van der Waals surface area (Å²) in [5.41, 5.74) is 12.6. The van der Waals surface area contributed by atoms with E-state index in [4.69, 9.17) is 37.9 Å². The van der Waals surface area contributed by atoms with Crippen LogP contribution in [0.5, 0.6) is 11.5 Å². The van der Waals surface area contributed by atoms with Crippen LogP contribution in [-0.4, -0.2) is 46.9 Å². The molecule has 1 aliphatic heterocycles. The number of benzene rings is 4. The molecular formula is C33H32N4O9P2S3. The molecule has 266 valence electrons. The number of rotatable bonds is 13. The third-order valence-corrected chi connectivity index (χ3v) is 31.7. The normalized spacial score (nSPS) is 16.0. The van der Waals surface area contributed by atoms with Crippen LogP contribution in [-0.2, 0) is 21.4 Å². The van der Waals surface area contributed by atoms with E-state index in [-0.39, 0.29) is 61.6 Å². The fourth-order valence-corrected chi connectivity index (χ4v) is 30.1. The molecule has 18 heteroatoms. The number of esters is 2. The molecule has 0 atom stereocenters. The molecule has 1 heterocycles. The minimum Gasteiger partial charge on any atom is -0.481 e. The molecule has 0 bridgehead atoms. The van der Waals surface area contributed by atoms with Crippen LogP contribution in [0, 0.1) is 10.1 Å².